The first-order valence-electron chi connectivity index (χ1n) is 4.83. The van der Waals surface area contributed by atoms with Gasteiger partial charge in [-0.1, -0.05) is 11.2 Å². The predicted octanol–water partition coefficient (Wildman–Crippen LogP) is 2.43. The minimum Gasteiger partial charge on any atom is -0.486 e. The molecule has 1 aromatic carbocycles. The van der Waals surface area contributed by atoms with E-state index >= 15 is 0 Å². The Morgan fingerprint density at radius 3 is 3.00 bits per heavy atom. The van der Waals surface area contributed by atoms with Crippen LogP contribution in [0.15, 0.2) is 34.9 Å². The number of nitrogens with zero attached hydrogens (tertiary/aromatic N) is 2. The number of hydrogen-bond donors (Lipinski definition) is 0. The summed E-state index contributed by atoms with van der Waals surface area (Å²) in [5.41, 5.74) is 1.40. The van der Waals surface area contributed by atoms with E-state index in [0.717, 1.165) is 5.69 Å². The van der Waals surface area contributed by atoms with Crippen LogP contribution in [0.4, 0.5) is 0 Å². The molecule has 0 radical (unpaired) electrons. The van der Waals surface area contributed by atoms with Crippen LogP contribution in [-0.4, -0.2) is 5.16 Å². The highest BCUT2D eigenvalue weighted by molar-refractivity contribution is 5.36. The van der Waals surface area contributed by atoms with Gasteiger partial charge in [-0.15, -0.1) is 0 Å². The number of aromatic nitrogens is 1. The van der Waals surface area contributed by atoms with E-state index in [9.17, 15) is 0 Å². The van der Waals surface area contributed by atoms with E-state index in [1.54, 1.807) is 24.3 Å². The molecule has 0 bridgehead atoms. The molecule has 4 nitrogen and oxygen atoms in total. The van der Waals surface area contributed by atoms with E-state index in [1.807, 2.05) is 13.0 Å². The molecule has 0 aliphatic carbocycles. The summed E-state index contributed by atoms with van der Waals surface area (Å²) in [6.45, 7) is 2.17. The predicted molar refractivity (Wildman–Crippen MR) is 56.7 cm³/mol. The van der Waals surface area contributed by atoms with Crippen molar-refractivity contribution < 1.29 is 9.26 Å². The molecule has 0 amide bonds. The lowest BCUT2D eigenvalue weighted by atomic mass is 10.2. The lowest BCUT2D eigenvalue weighted by molar-refractivity contribution is 0.248. The number of benzene rings is 1. The summed E-state index contributed by atoms with van der Waals surface area (Å²) in [6, 6.07) is 10.9. The van der Waals surface area contributed by atoms with E-state index in [0.29, 0.717) is 23.7 Å². The van der Waals surface area contributed by atoms with E-state index in [2.05, 4.69) is 11.2 Å². The first-order chi connectivity index (χ1) is 7.78. The molecule has 1 heterocycles. The summed E-state index contributed by atoms with van der Waals surface area (Å²) in [4.78, 5) is 0. The van der Waals surface area contributed by atoms with Gasteiger partial charge in [0.05, 0.1) is 17.3 Å². The fraction of sp³-hybridized carbons (Fsp3) is 0.167. The van der Waals surface area contributed by atoms with Gasteiger partial charge in [0.15, 0.2) is 5.76 Å². The van der Waals surface area contributed by atoms with Crippen LogP contribution < -0.4 is 4.74 Å². The first kappa shape index (κ1) is 10.2. The Morgan fingerprint density at radius 2 is 2.31 bits per heavy atom. The van der Waals surface area contributed by atoms with Crippen molar-refractivity contribution in [2.45, 2.75) is 13.5 Å². The standard InChI is InChI=1S/C12H10N2O2/c1-9-5-12(16-14-9)8-15-11-4-2-3-10(6-11)7-13/h2-6H,8H2,1H3. The SMILES string of the molecule is Cc1cc(COc2cccc(C#N)c2)on1. The van der Waals surface area contributed by atoms with Crippen molar-refractivity contribution >= 4 is 0 Å². The Kier molecular flexibility index (Phi) is 2.88. The molecular weight excluding hydrogens is 204 g/mol. The van der Waals surface area contributed by atoms with Gasteiger partial charge >= 0.3 is 0 Å². The van der Waals surface area contributed by atoms with Crippen molar-refractivity contribution in [3.05, 3.63) is 47.3 Å². The summed E-state index contributed by atoms with van der Waals surface area (Å²) in [5.74, 6) is 1.31. The monoisotopic (exact) mass is 214 g/mol. The largest absolute Gasteiger partial charge is 0.486 e. The highest BCUT2D eigenvalue weighted by Crippen LogP contribution is 2.14. The molecule has 0 atom stereocenters. The summed E-state index contributed by atoms with van der Waals surface area (Å²) in [6.07, 6.45) is 0. The second-order valence-corrected chi connectivity index (χ2v) is 3.36. The number of rotatable bonds is 3. The van der Waals surface area contributed by atoms with Crippen LogP contribution in [-0.2, 0) is 6.61 Å². The quantitative estimate of drug-likeness (QED) is 0.787. The summed E-state index contributed by atoms with van der Waals surface area (Å²) in [7, 11) is 0. The third kappa shape index (κ3) is 2.39. The van der Waals surface area contributed by atoms with Crippen LogP contribution >= 0.6 is 0 Å². The molecule has 4 heteroatoms. The van der Waals surface area contributed by atoms with Crippen molar-refractivity contribution in [2.75, 3.05) is 0 Å². The zero-order valence-electron chi connectivity index (χ0n) is 8.80. The third-order valence-electron chi connectivity index (χ3n) is 2.02. The topological polar surface area (TPSA) is 59.0 Å². The molecule has 80 valence electrons. The van der Waals surface area contributed by atoms with E-state index < -0.39 is 0 Å². The number of nitriles is 1. The van der Waals surface area contributed by atoms with Crippen LogP contribution in [0.1, 0.15) is 17.0 Å². The van der Waals surface area contributed by atoms with Crippen LogP contribution in [0, 0.1) is 18.3 Å². The zero-order chi connectivity index (χ0) is 11.4. The maximum absolute atomic E-state index is 8.72. The molecule has 1 aromatic heterocycles. The molecule has 16 heavy (non-hydrogen) atoms. The van der Waals surface area contributed by atoms with Crippen molar-refractivity contribution in [3.8, 4) is 11.8 Å². The first-order valence-corrected chi connectivity index (χ1v) is 4.83. The Labute approximate surface area is 93.1 Å². The lowest BCUT2D eigenvalue weighted by Gasteiger charge is -2.02. The van der Waals surface area contributed by atoms with Crippen LogP contribution in [0.5, 0.6) is 5.75 Å². The van der Waals surface area contributed by atoms with Crippen LogP contribution in [0.2, 0.25) is 0 Å². The zero-order valence-corrected chi connectivity index (χ0v) is 8.80. The summed E-state index contributed by atoms with van der Waals surface area (Å²) < 4.78 is 10.5. The van der Waals surface area contributed by atoms with Crippen LogP contribution in [0.3, 0.4) is 0 Å². The smallest absolute Gasteiger partial charge is 0.174 e. The number of ether oxygens (including phenoxy) is 1. The minimum atomic E-state index is 0.315. The minimum absolute atomic E-state index is 0.315. The van der Waals surface area contributed by atoms with E-state index in [-0.39, 0.29) is 0 Å². The van der Waals surface area contributed by atoms with Gasteiger partial charge in [-0.2, -0.15) is 5.26 Å². The Morgan fingerprint density at radius 1 is 1.44 bits per heavy atom. The molecule has 2 rings (SSSR count). The molecule has 0 spiro atoms. The molecule has 0 fully saturated rings. The Bertz CT molecular complexity index is 526. The average Bonchev–Trinajstić information content (AvgIpc) is 2.73. The van der Waals surface area contributed by atoms with Crippen molar-refractivity contribution in [2.24, 2.45) is 0 Å². The highest BCUT2D eigenvalue weighted by atomic mass is 16.5. The summed E-state index contributed by atoms with van der Waals surface area (Å²) in [5, 5.41) is 12.5. The van der Waals surface area contributed by atoms with Gasteiger partial charge in [0.1, 0.15) is 12.4 Å². The van der Waals surface area contributed by atoms with E-state index in [4.69, 9.17) is 14.5 Å². The maximum Gasteiger partial charge on any atom is 0.174 e. The average molecular weight is 214 g/mol. The van der Waals surface area contributed by atoms with Crippen molar-refractivity contribution in [3.63, 3.8) is 0 Å². The lowest BCUT2D eigenvalue weighted by Crippen LogP contribution is -1.93. The van der Waals surface area contributed by atoms with Gasteiger partial charge in [0, 0.05) is 6.07 Å². The summed E-state index contributed by atoms with van der Waals surface area (Å²) >= 11 is 0. The Hall–Kier alpha value is -2.28. The number of hydrogen-bond acceptors (Lipinski definition) is 4. The molecule has 0 saturated carbocycles. The maximum atomic E-state index is 8.72. The van der Waals surface area contributed by atoms with Gasteiger partial charge in [-0.25, -0.2) is 0 Å². The second-order valence-electron chi connectivity index (χ2n) is 3.36. The Balaban J connectivity index is 2.02. The van der Waals surface area contributed by atoms with Crippen LogP contribution in [0.25, 0.3) is 0 Å². The fourth-order valence-electron chi connectivity index (χ4n) is 1.29. The van der Waals surface area contributed by atoms with Gasteiger partial charge in [-0.3, -0.25) is 0 Å². The molecule has 2 aromatic rings. The normalized spacial score (nSPS) is 9.75. The van der Waals surface area contributed by atoms with Gasteiger partial charge < -0.3 is 9.26 Å². The second kappa shape index (κ2) is 4.49. The van der Waals surface area contributed by atoms with Crippen molar-refractivity contribution in [1.29, 1.82) is 5.26 Å². The molecule has 0 saturated heterocycles. The van der Waals surface area contributed by atoms with Crippen molar-refractivity contribution in [1.82, 2.24) is 5.16 Å². The van der Waals surface area contributed by atoms with Gasteiger partial charge in [-0.05, 0) is 25.1 Å². The molecular formula is C12H10N2O2. The fourth-order valence-corrected chi connectivity index (χ4v) is 1.29. The van der Waals surface area contributed by atoms with Gasteiger partial charge in [0.25, 0.3) is 0 Å². The molecule has 0 N–H and O–H groups in total. The van der Waals surface area contributed by atoms with E-state index in [1.165, 1.54) is 0 Å². The highest BCUT2D eigenvalue weighted by Gasteiger charge is 2.02. The molecule has 0 aliphatic rings. The van der Waals surface area contributed by atoms with Gasteiger partial charge in [0.2, 0.25) is 0 Å². The third-order valence-corrected chi connectivity index (χ3v) is 2.02. The molecule has 0 unspecified atom stereocenters. The molecule has 0 aliphatic heterocycles. The number of aryl methyl sites for hydroxylation is 1.